The molecule has 2 N–H and O–H groups in total. The lowest BCUT2D eigenvalue weighted by Gasteiger charge is -2.21. The summed E-state index contributed by atoms with van der Waals surface area (Å²) < 4.78 is 5.85. The lowest BCUT2D eigenvalue weighted by molar-refractivity contribution is -0.137. The van der Waals surface area contributed by atoms with Gasteiger partial charge in [-0.15, -0.1) is 0 Å². The molecule has 1 heterocycles. The van der Waals surface area contributed by atoms with Crippen molar-refractivity contribution in [3.05, 3.63) is 48.0 Å². The number of aliphatic hydroxyl groups excluding tert-OH is 1. The number of hydrogen-bond acceptors (Lipinski definition) is 4. The van der Waals surface area contributed by atoms with Gasteiger partial charge in [-0.2, -0.15) is 0 Å². The molecule has 1 aliphatic rings. The number of carboxylic acid groups (broad SMARTS) is 1. The predicted molar refractivity (Wildman–Crippen MR) is 78.9 cm³/mol. The monoisotopic (exact) mass is 302 g/mol. The first kappa shape index (κ1) is 14.0. The fraction of sp³-hybridized carbons (Fsp3) is 0.188. The number of aliphatic hydroxyl groups is 1. The van der Waals surface area contributed by atoms with Gasteiger partial charge in [0, 0.05) is 6.42 Å². The van der Waals surface area contributed by atoms with Crippen molar-refractivity contribution in [2.45, 2.75) is 28.7 Å². The molecule has 0 saturated carbocycles. The van der Waals surface area contributed by atoms with Crippen LogP contribution >= 0.6 is 11.8 Å². The van der Waals surface area contributed by atoms with E-state index in [-0.39, 0.29) is 12.8 Å². The van der Waals surface area contributed by atoms with Crippen LogP contribution in [0, 0.1) is 0 Å². The van der Waals surface area contributed by atoms with Crippen LogP contribution < -0.4 is 4.74 Å². The number of benzene rings is 2. The fourth-order valence-electron chi connectivity index (χ4n) is 2.18. The highest BCUT2D eigenvalue weighted by atomic mass is 32.2. The highest BCUT2D eigenvalue weighted by molar-refractivity contribution is 7.99. The summed E-state index contributed by atoms with van der Waals surface area (Å²) in [6.07, 6.45) is -0.661. The summed E-state index contributed by atoms with van der Waals surface area (Å²) in [7, 11) is 0. The second-order valence-corrected chi connectivity index (χ2v) is 5.89. The normalized spacial score (nSPS) is 13.8. The molecular formula is C16H14O4S. The van der Waals surface area contributed by atoms with Gasteiger partial charge >= 0.3 is 5.97 Å². The number of hydrogen-bond donors (Lipinski definition) is 2. The van der Waals surface area contributed by atoms with Crippen LogP contribution in [-0.2, 0) is 4.79 Å². The van der Waals surface area contributed by atoms with Gasteiger partial charge in [0.25, 0.3) is 0 Å². The summed E-state index contributed by atoms with van der Waals surface area (Å²) in [6.45, 7) is 0. The van der Waals surface area contributed by atoms with Crippen molar-refractivity contribution in [2.75, 3.05) is 0 Å². The average Bonchev–Trinajstić information content (AvgIpc) is 2.50. The second kappa shape index (κ2) is 5.79. The van der Waals surface area contributed by atoms with Crippen LogP contribution in [0.1, 0.15) is 24.5 Å². The van der Waals surface area contributed by atoms with E-state index < -0.39 is 12.1 Å². The quantitative estimate of drug-likeness (QED) is 0.766. The van der Waals surface area contributed by atoms with Crippen LogP contribution in [-0.4, -0.2) is 16.2 Å². The first-order valence-corrected chi connectivity index (χ1v) is 7.43. The molecule has 2 aromatic carbocycles. The molecular weight excluding hydrogens is 288 g/mol. The molecule has 1 atom stereocenters. The van der Waals surface area contributed by atoms with Gasteiger partial charge in [-0.3, -0.25) is 4.79 Å². The molecule has 5 heteroatoms. The molecule has 0 fully saturated rings. The third-order valence-electron chi connectivity index (χ3n) is 3.27. The van der Waals surface area contributed by atoms with Gasteiger partial charge in [-0.05, 0) is 36.2 Å². The van der Waals surface area contributed by atoms with E-state index >= 15 is 0 Å². The SMILES string of the molecule is O=C(O)CCC(O)c1ccc2c(c1)Oc1ccccc1S2. The van der Waals surface area contributed by atoms with Crippen LogP contribution in [0.5, 0.6) is 11.5 Å². The molecule has 108 valence electrons. The van der Waals surface area contributed by atoms with Gasteiger partial charge in [0.15, 0.2) is 0 Å². The van der Waals surface area contributed by atoms with E-state index in [0.29, 0.717) is 11.3 Å². The summed E-state index contributed by atoms with van der Waals surface area (Å²) in [5, 5.41) is 18.7. The zero-order valence-corrected chi connectivity index (χ0v) is 12.0. The molecule has 1 aliphatic heterocycles. The van der Waals surface area contributed by atoms with Gasteiger partial charge in [-0.1, -0.05) is 30.0 Å². The maximum absolute atomic E-state index is 10.6. The van der Waals surface area contributed by atoms with Gasteiger partial charge in [-0.25, -0.2) is 0 Å². The molecule has 0 aromatic heterocycles. The first-order chi connectivity index (χ1) is 10.1. The maximum Gasteiger partial charge on any atom is 0.303 e. The Labute approximate surface area is 126 Å². The Hall–Kier alpha value is -1.98. The number of para-hydroxylation sites is 1. The average molecular weight is 302 g/mol. The largest absolute Gasteiger partial charge is 0.481 e. The molecule has 4 nitrogen and oxygen atoms in total. The molecule has 0 aliphatic carbocycles. The van der Waals surface area contributed by atoms with E-state index in [1.165, 1.54) is 0 Å². The van der Waals surface area contributed by atoms with E-state index in [0.717, 1.165) is 15.5 Å². The van der Waals surface area contributed by atoms with Crippen LogP contribution in [0.2, 0.25) is 0 Å². The summed E-state index contributed by atoms with van der Waals surface area (Å²) in [5.74, 6) is 0.588. The number of carboxylic acids is 1. The van der Waals surface area contributed by atoms with Crippen LogP contribution in [0.4, 0.5) is 0 Å². The molecule has 0 amide bonds. The number of fused-ring (bicyclic) bond motifs is 2. The lowest BCUT2D eigenvalue weighted by Crippen LogP contribution is -2.03. The Morgan fingerprint density at radius 1 is 1.14 bits per heavy atom. The summed E-state index contributed by atoms with van der Waals surface area (Å²) >= 11 is 1.62. The van der Waals surface area contributed by atoms with Gasteiger partial charge < -0.3 is 14.9 Å². The highest BCUT2D eigenvalue weighted by Crippen LogP contribution is 2.47. The van der Waals surface area contributed by atoms with Crippen molar-refractivity contribution in [1.82, 2.24) is 0 Å². The Bertz CT molecular complexity index is 684. The topological polar surface area (TPSA) is 66.8 Å². The van der Waals surface area contributed by atoms with Gasteiger partial charge in [0.2, 0.25) is 0 Å². The molecule has 0 bridgehead atoms. The van der Waals surface area contributed by atoms with Crippen molar-refractivity contribution < 1.29 is 19.7 Å². The second-order valence-electron chi connectivity index (χ2n) is 4.81. The molecule has 1 unspecified atom stereocenters. The molecule has 3 rings (SSSR count). The van der Waals surface area contributed by atoms with Gasteiger partial charge in [0.05, 0.1) is 15.9 Å². The van der Waals surface area contributed by atoms with Crippen LogP contribution in [0.15, 0.2) is 52.3 Å². The standard InChI is InChI=1S/C16H14O4S/c17-11(6-8-16(18)19)10-5-7-15-13(9-10)20-12-3-1-2-4-14(12)21-15/h1-5,7,9,11,17H,6,8H2,(H,18,19). The van der Waals surface area contributed by atoms with Crippen molar-refractivity contribution in [1.29, 1.82) is 0 Å². The zero-order valence-electron chi connectivity index (χ0n) is 11.2. The van der Waals surface area contributed by atoms with Crippen LogP contribution in [0.25, 0.3) is 0 Å². The first-order valence-electron chi connectivity index (χ1n) is 6.62. The summed E-state index contributed by atoms with van der Waals surface area (Å²) in [6, 6.07) is 13.3. The highest BCUT2D eigenvalue weighted by Gasteiger charge is 2.19. The Morgan fingerprint density at radius 3 is 2.71 bits per heavy atom. The summed E-state index contributed by atoms with van der Waals surface area (Å²) in [5.41, 5.74) is 0.676. The van der Waals surface area contributed by atoms with E-state index in [9.17, 15) is 9.90 Å². The van der Waals surface area contributed by atoms with Crippen molar-refractivity contribution in [3.8, 4) is 11.5 Å². The van der Waals surface area contributed by atoms with Gasteiger partial charge in [0.1, 0.15) is 11.5 Å². The molecule has 21 heavy (non-hydrogen) atoms. The van der Waals surface area contributed by atoms with Crippen LogP contribution in [0.3, 0.4) is 0 Å². The van der Waals surface area contributed by atoms with Crippen molar-refractivity contribution >= 4 is 17.7 Å². The minimum absolute atomic E-state index is 0.0588. The van der Waals surface area contributed by atoms with E-state index in [1.54, 1.807) is 17.8 Å². The zero-order chi connectivity index (χ0) is 14.8. The number of ether oxygens (including phenoxy) is 1. The molecule has 0 saturated heterocycles. The molecule has 2 aromatic rings. The fourth-order valence-corrected chi connectivity index (χ4v) is 3.11. The van der Waals surface area contributed by atoms with E-state index in [4.69, 9.17) is 9.84 Å². The summed E-state index contributed by atoms with van der Waals surface area (Å²) in [4.78, 5) is 12.6. The number of carbonyl (C=O) groups is 1. The maximum atomic E-state index is 10.6. The van der Waals surface area contributed by atoms with Crippen molar-refractivity contribution in [3.63, 3.8) is 0 Å². The molecule has 0 spiro atoms. The van der Waals surface area contributed by atoms with Crippen molar-refractivity contribution in [2.24, 2.45) is 0 Å². The smallest absolute Gasteiger partial charge is 0.303 e. The third kappa shape index (κ3) is 3.04. The Balaban J connectivity index is 1.81. The lowest BCUT2D eigenvalue weighted by atomic mass is 10.0. The number of aliphatic carboxylic acids is 1. The number of rotatable bonds is 4. The van der Waals surface area contributed by atoms with E-state index in [2.05, 4.69) is 0 Å². The van der Waals surface area contributed by atoms with E-state index in [1.807, 2.05) is 36.4 Å². The Morgan fingerprint density at radius 2 is 1.90 bits per heavy atom. The third-order valence-corrected chi connectivity index (χ3v) is 4.39. The molecule has 0 radical (unpaired) electrons. The minimum Gasteiger partial charge on any atom is -0.481 e. The predicted octanol–water partition coefficient (Wildman–Crippen LogP) is 3.84. The Kier molecular flexibility index (Phi) is 3.86. The minimum atomic E-state index is -0.909.